The summed E-state index contributed by atoms with van der Waals surface area (Å²) < 4.78 is 41.8. The number of aromatic carboxylic acids is 1. The minimum atomic E-state index is -4.22. The SMILES string of the molecule is Cc1oc(CNC(=O)c2ccc(CCC(F)(F)F)cc2)cc1C(=O)O. The molecular weight excluding hydrogens is 339 g/mol. The van der Waals surface area contributed by atoms with Crippen molar-refractivity contribution in [1.29, 1.82) is 0 Å². The predicted molar refractivity (Wildman–Crippen MR) is 82.4 cm³/mol. The van der Waals surface area contributed by atoms with Gasteiger partial charge in [-0.25, -0.2) is 4.79 Å². The summed E-state index contributed by atoms with van der Waals surface area (Å²) in [5.41, 5.74) is 0.803. The second-order valence-electron chi connectivity index (χ2n) is 5.48. The van der Waals surface area contributed by atoms with E-state index in [2.05, 4.69) is 5.32 Å². The van der Waals surface area contributed by atoms with Crippen molar-refractivity contribution in [2.24, 2.45) is 0 Å². The molecule has 0 unspecified atom stereocenters. The lowest BCUT2D eigenvalue weighted by atomic mass is 10.1. The van der Waals surface area contributed by atoms with Crippen molar-refractivity contribution < 1.29 is 32.3 Å². The van der Waals surface area contributed by atoms with Gasteiger partial charge in [-0.2, -0.15) is 13.2 Å². The lowest BCUT2D eigenvalue weighted by Crippen LogP contribution is -2.22. The van der Waals surface area contributed by atoms with Crippen LogP contribution in [-0.2, 0) is 13.0 Å². The number of rotatable bonds is 6. The normalized spacial score (nSPS) is 11.4. The molecule has 2 rings (SSSR count). The van der Waals surface area contributed by atoms with Crippen LogP contribution < -0.4 is 5.32 Å². The Morgan fingerprint density at radius 1 is 1.20 bits per heavy atom. The van der Waals surface area contributed by atoms with E-state index in [9.17, 15) is 22.8 Å². The quantitative estimate of drug-likeness (QED) is 0.828. The van der Waals surface area contributed by atoms with Crippen molar-refractivity contribution in [3.8, 4) is 0 Å². The zero-order chi connectivity index (χ0) is 18.6. The summed E-state index contributed by atoms with van der Waals surface area (Å²) >= 11 is 0. The highest BCUT2D eigenvalue weighted by molar-refractivity contribution is 5.94. The molecule has 0 saturated heterocycles. The summed E-state index contributed by atoms with van der Waals surface area (Å²) in [6.07, 6.45) is -5.27. The van der Waals surface area contributed by atoms with Gasteiger partial charge < -0.3 is 14.8 Å². The molecule has 0 aliphatic heterocycles. The lowest BCUT2D eigenvalue weighted by molar-refractivity contribution is -0.134. The molecule has 2 aromatic rings. The van der Waals surface area contributed by atoms with E-state index < -0.39 is 24.5 Å². The Bertz CT molecular complexity index is 763. The number of nitrogens with one attached hydrogen (secondary N) is 1. The van der Waals surface area contributed by atoms with Gasteiger partial charge in [-0.1, -0.05) is 12.1 Å². The van der Waals surface area contributed by atoms with Gasteiger partial charge in [-0.15, -0.1) is 0 Å². The topological polar surface area (TPSA) is 79.5 Å². The molecule has 0 fully saturated rings. The minimum absolute atomic E-state index is 0.00276. The number of benzene rings is 1. The van der Waals surface area contributed by atoms with E-state index in [0.29, 0.717) is 11.3 Å². The average Bonchev–Trinajstić information content (AvgIpc) is 2.91. The van der Waals surface area contributed by atoms with Gasteiger partial charge in [0.05, 0.1) is 6.54 Å². The number of furan rings is 1. The number of alkyl halides is 3. The maximum absolute atomic E-state index is 12.2. The van der Waals surface area contributed by atoms with Crippen LogP contribution in [-0.4, -0.2) is 23.2 Å². The second-order valence-corrected chi connectivity index (χ2v) is 5.48. The fourth-order valence-electron chi connectivity index (χ4n) is 2.22. The Hall–Kier alpha value is -2.77. The smallest absolute Gasteiger partial charge is 0.389 e. The van der Waals surface area contributed by atoms with E-state index in [0.717, 1.165) is 0 Å². The van der Waals surface area contributed by atoms with Crippen LogP contribution >= 0.6 is 0 Å². The maximum atomic E-state index is 12.2. The molecule has 2 N–H and O–H groups in total. The van der Waals surface area contributed by atoms with Crippen molar-refractivity contribution >= 4 is 11.9 Å². The lowest BCUT2D eigenvalue weighted by Gasteiger charge is -2.07. The van der Waals surface area contributed by atoms with Crippen LogP contribution in [0.25, 0.3) is 0 Å². The Kier molecular flexibility index (Phi) is 5.51. The standard InChI is InChI=1S/C17H16F3NO4/c1-10-14(16(23)24)8-13(25-10)9-21-15(22)12-4-2-11(3-5-12)6-7-17(18,19)20/h2-5,8H,6-7,9H2,1H3,(H,21,22)(H,23,24). The Labute approximate surface area is 141 Å². The molecule has 0 saturated carbocycles. The van der Waals surface area contributed by atoms with E-state index >= 15 is 0 Å². The van der Waals surface area contributed by atoms with Crippen molar-refractivity contribution in [3.05, 3.63) is 58.5 Å². The van der Waals surface area contributed by atoms with Gasteiger partial charge in [0.1, 0.15) is 17.1 Å². The van der Waals surface area contributed by atoms with E-state index in [1.165, 1.54) is 37.3 Å². The Morgan fingerprint density at radius 3 is 2.36 bits per heavy atom. The van der Waals surface area contributed by atoms with Gasteiger partial charge in [0.25, 0.3) is 5.91 Å². The molecule has 0 radical (unpaired) electrons. The number of amides is 1. The van der Waals surface area contributed by atoms with Gasteiger partial charge in [0.2, 0.25) is 0 Å². The van der Waals surface area contributed by atoms with Gasteiger partial charge in [0, 0.05) is 12.0 Å². The van der Waals surface area contributed by atoms with Crippen LogP contribution in [0, 0.1) is 6.92 Å². The van der Waals surface area contributed by atoms with Gasteiger partial charge in [-0.05, 0) is 37.1 Å². The Morgan fingerprint density at radius 2 is 1.84 bits per heavy atom. The largest absolute Gasteiger partial charge is 0.478 e. The van der Waals surface area contributed by atoms with E-state index in [1.54, 1.807) is 0 Å². The molecule has 8 heteroatoms. The van der Waals surface area contributed by atoms with Crippen LogP contribution in [0.3, 0.4) is 0 Å². The average molecular weight is 355 g/mol. The van der Waals surface area contributed by atoms with Crippen LogP contribution in [0.1, 0.15) is 44.2 Å². The van der Waals surface area contributed by atoms with Gasteiger partial charge in [-0.3, -0.25) is 4.79 Å². The molecule has 1 aromatic heterocycles. The first-order valence-corrected chi connectivity index (χ1v) is 7.42. The molecule has 5 nitrogen and oxygen atoms in total. The summed E-state index contributed by atoms with van der Waals surface area (Å²) in [6.45, 7) is 1.51. The van der Waals surface area contributed by atoms with Gasteiger partial charge >= 0.3 is 12.1 Å². The zero-order valence-corrected chi connectivity index (χ0v) is 13.3. The summed E-state index contributed by atoms with van der Waals surface area (Å²) in [5.74, 6) is -1.02. The van der Waals surface area contributed by atoms with Crippen LogP contribution in [0.2, 0.25) is 0 Å². The summed E-state index contributed by atoms with van der Waals surface area (Å²) in [4.78, 5) is 22.9. The third-order valence-corrected chi connectivity index (χ3v) is 3.54. The third-order valence-electron chi connectivity index (χ3n) is 3.54. The molecule has 0 bridgehead atoms. The number of carbonyl (C=O) groups is 2. The molecule has 25 heavy (non-hydrogen) atoms. The second kappa shape index (κ2) is 7.42. The van der Waals surface area contributed by atoms with Crippen molar-refractivity contribution in [1.82, 2.24) is 5.32 Å². The van der Waals surface area contributed by atoms with Crippen LogP contribution in [0.5, 0.6) is 0 Å². The van der Waals surface area contributed by atoms with Gasteiger partial charge in [0.15, 0.2) is 0 Å². The van der Waals surface area contributed by atoms with Crippen LogP contribution in [0.15, 0.2) is 34.7 Å². The van der Waals surface area contributed by atoms with Crippen molar-refractivity contribution in [2.75, 3.05) is 0 Å². The molecule has 0 atom stereocenters. The fourth-order valence-corrected chi connectivity index (χ4v) is 2.22. The first kappa shape index (κ1) is 18.6. The molecule has 0 aliphatic rings. The van der Waals surface area contributed by atoms with E-state index in [4.69, 9.17) is 9.52 Å². The van der Waals surface area contributed by atoms with E-state index in [-0.39, 0.29) is 29.9 Å². The zero-order valence-electron chi connectivity index (χ0n) is 13.3. The summed E-state index contributed by atoms with van der Waals surface area (Å²) in [7, 11) is 0. The van der Waals surface area contributed by atoms with E-state index in [1.807, 2.05) is 0 Å². The maximum Gasteiger partial charge on any atom is 0.389 e. The molecule has 134 valence electrons. The number of aryl methyl sites for hydroxylation is 2. The molecule has 1 heterocycles. The predicted octanol–water partition coefficient (Wildman–Crippen LogP) is 3.71. The molecule has 0 aliphatic carbocycles. The molecular formula is C17H16F3NO4. The third kappa shape index (κ3) is 5.37. The molecule has 1 aromatic carbocycles. The minimum Gasteiger partial charge on any atom is -0.478 e. The highest BCUT2D eigenvalue weighted by Gasteiger charge is 2.26. The highest BCUT2D eigenvalue weighted by Crippen LogP contribution is 2.22. The number of halogens is 3. The van der Waals surface area contributed by atoms with Crippen molar-refractivity contribution in [3.63, 3.8) is 0 Å². The summed E-state index contributed by atoms with van der Waals surface area (Å²) in [6, 6.07) is 7.16. The van der Waals surface area contributed by atoms with Crippen LogP contribution in [0.4, 0.5) is 13.2 Å². The monoisotopic (exact) mass is 355 g/mol. The highest BCUT2D eigenvalue weighted by atomic mass is 19.4. The number of hydrogen-bond acceptors (Lipinski definition) is 3. The fraction of sp³-hybridized carbons (Fsp3) is 0.294. The molecule has 1 amide bonds. The number of hydrogen-bond donors (Lipinski definition) is 2. The number of carboxylic acid groups (broad SMARTS) is 1. The summed E-state index contributed by atoms with van der Waals surface area (Å²) in [5, 5.41) is 11.5. The number of carbonyl (C=O) groups excluding carboxylic acids is 1. The first-order valence-electron chi connectivity index (χ1n) is 7.42. The Balaban J connectivity index is 1.92. The number of carboxylic acids is 1. The first-order chi connectivity index (χ1) is 11.7. The molecule has 0 spiro atoms. The van der Waals surface area contributed by atoms with Crippen molar-refractivity contribution in [2.45, 2.75) is 32.5 Å².